The molecule has 0 spiro atoms. The second-order valence-electron chi connectivity index (χ2n) is 5.12. The summed E-state index contributed by atoms with van der Waals surface area (Å²) in [6.45, 7) is 1.37. The van der Waals surface area contributed by atoms with Crippen LogP contribution in [0.3, 0.4) is 0 Å². The Balaban J connectivity index is 2.16. The number of carbonyl (C=O) groups excluding carboxylic acids is 1. The molecule has 1 saturated carbocycles. The molecule has 20 heavy (non-hydrogen) atoms. The van der Waals surface area contributed by atoms with Gasteiger partial charge in [0.15, 0.2) is 0 Å². The van der Waals surface area contributed by atoms with Gasteiger partial charge in [0.05, 0.1) is 17.6 Å². The minimum atomic E-state index is -4.45. The number of anilines is 1. The minimum Gasteiger partial charge on any atom is -0.392 e. The van der Waals surface area contributed by atoms with Crippen molar-refractivity contribution in [3.05, 3.63) is 29.3 Å². The number of alkyl halides is 3. The molecule has 2 N–H and O–H groups in total. The van der Waals surface area contributed by atoms with Gasteiger partial charge in [-0.25, -0.2) is 0 Å². The molecule has 1 fully saturated rings. The van der Waals surface area contributed by atoms with E-state index in [0.29, 0.717) is 12.8 Å². The van der Waals surface area contributed by atoms with E-state index in [1.54, 1.807) is 0 Å². The maximum atomic E-state index is 12.8. The molecule has 0 aromatic heterocycles. The molecule has 0 aliphatic heterocycles. The number of hydrogen-bond donors (Lipinski definition) is 2. The number of aryl methyl sites for hydroxylation is 1. The summed E-state index contributed by atoms with van der Waals surface area (Å²) in [4.78, 5) is 11.9. The maximum Gasteiger partial charge on any atom is 0.416 e. The normalized spacial score (nSPS) is 22.9. The molecule has 1 aromatic rings. The van der Waals surface area contributed by atoms with Gasteiger partial charge in [-0.05, 0) is 43.9 Å². The smallest absolute Gasteiger partial charge is 0.392 e. The van der Waals surface area contributed by atoms with E-state index in [0.717, 1.165) is 12.5 Å². The summed E-state index contributed by atoms with van der Waals surface area (Å²) < 4.78 is 38.3. The van der Waals surface area contributed by atoms with E-state index in [1.165, 1.54) is 19.1 Å². The first-order chi connectivity index (χ1) is 9.29. The number of hydrogen-bond acceptors (Lipinski definition) is 2. The van der Waals surface area contributed by atoms with Crippen LogP contribution < -0.4 is 5.32 Å². The van der Waals surface area contributed by atoms with Crippen molar-refractivity contribution in [3.63, 3.8) is 0 Å². The Kier molecular flexibility index (Phi) is 4.04. The topological polar surface area (TPSA) is 49.3 Å². The Labute approximate surface area is 114 Å². The Morgan fingerprint density at radius 2 is 2.05 bits per heavy atom. The van der Waals surface area contributed by atoms with Crippen LogP contribution in [-0.4, -0.2) is 17.1 Å². The van der Waals surface area contributed by atoms with Crippen molar-refractivity contribution < 1.29 is 23.1 Å². The van der Waals surface area contributed by atoms with Crippen molar-refractivity contribution in [3.8, 4) is 0 Å². The second-order valence-corrected chi connectivity index (χ2v) is 5.12. The van der Waals surface area contributed by atoms with E-state index in [-0.39, 0.29) is 11.3 Å². The molecule has 1 aliphatic rings. The fraction of sp³-hybridized carbons (Fsp3) is 0.500. The number of carbonyl (C=O) groups is 1. The van der Waals surface area contributed by atoms with Crippen molar-refractivity contribution in [2.45, 2.75) is 38.5 Å². The van der Waals surface area contributed by atoms with Crippen LogP contribution in [0.1, 0.15) is 30.4 Å². The van der Waals surface area contributed by atoms with Gasteiger partial charge in [0.25, 0.3) is 0 Å². The zero-order chi connectivity index (χ0) is 14.9. The Hall–Kier alpha value is -1.56. The van der Waals surface area contributed by atoms with Crippen LogP contribution in [-0.2, 0) is 11.0 Å². The highest BCUT2D eigenvalue weighted by molar-refractivity contribution is 5.93. The molecule has 0 heterocycles. The van der Waals surface area contributed by atoms with Gasteiger partial charge in [-0.1, -0.05) is 6.07 Å². The van der Waals surface area contributed by atoms with Gasteiger partial charge in [-0.3, -0.25) is 4.79 Å². The van der Waals surface area contributed by atoms with Crippen LogP contribution in [0.5, 0.6) is 0 Å². The molecule has 3 nitrogen and oxygen atoms in total. The predicted molar refractivity (Wildman–Crippen MR) is 68.2 cm³/mol. The third kappa shape index (κ3) is 3.12. The number of aliphatic hydroxyl groups is 1. The molecule has 2 unspecified atom stereocenters. The summed E-state index contributed by atoms with van der Waals surface area (Å²) in [6, 6.07) is 3.68. The van der Waals surface area contributed by atoms with Crippen LogP contribution in [0.2, 0.25) is 0 Å². The Morgan fingerprint density at radius 1 is 1.35 bits per heavy atom. The zero-order valence-corrected chi connectivity index (χ0v) is 11.0. The number of amides is 1. The molecule has 1 aromatic carbocycles. The van der Waals surface area contributed by atoms with Crippen molar-refractivity contribution >= 4 is 11.6 Å². The highest BCUT2D eigenvalue weighted by Crippen LogP contribution is 2.34. The fourth-order valence-electron chi connectivity index (χ4n) is 2.49. The first kappa shape index (κ1) is 14.8. The molecular formula is C14H16F3NO2. The molecule has 2 rings (SSSR count). The van der Waals surface area contributed by atoms with Crippen LogP contribution in [0, 0.1) is 12.8 Å². The monoisotopic (exact) mass is 287 g/mol. The van der Waals surface area contributed by atoms with Gasteiger partial charge < -0.3 is 10.4 Å². The highest BCUT2D eigenvalue weighted by atomic mass is 19.4. The van der Waals surface area contributed by atoms with E-state index in [4.69, 9.17) is 0 Å². The zero-order valence-electron chi connectivity index (χ0n) is 11.0. The summed E-state index contributed by atoms with van der Waals surface area (Å²) in [5.41, 5.74) is -0.550. The van der Waals surface area contributed by atoms with Gasteiger partial charge in [-0.2, -0.15) is 13.2 Å². The third-order valence-corrected chi connectivity index (χ3v) is 3.63. The van der Waals surface area contributed by atoms with Gasteiger partial charge in [0.2, 0.25) is 5.91 Å². The quantitative estimate of drug-likeness (QED) is 0.878. The fourth-order valence-corrected chi connectivity index (χ4v) is 2.49. The Bertz CT molecular complexity index is 514. The largest absolute Gasteiger partial charge is 0.416 e. The molecule has 1 amide bonds. The lowest BCUT2D eigenvalue weighted by Gasteiger charge is -2.16. The molecule has 2 atom stereocenters. The first-order valence-corrected chi connectivity index (χ1v) is 6.46. The lowest BCUT2D eigenvalue weighted by molar-refractivity contribution is -0.138. The molecular weight excluding hydrogens is 271 g/mol. The maximum absolute atomic E-state index is 12.8. The molecule has 0 radical (unpaired) electrons. The lowest BCUT2D eigenvalue weighted by Crippen LogP contribution is -2.28. The number of rotatable bonds is 2. The molecule has 1 aliphatic carbocycles. The van der Waals surface area contributed by atoms with Crippen molar-refractivity contribution in [2.24, 2.45) is 5.92 Å². The Morgan fingerprint density at radius 3 is 2.60 bits per heavy atom. The summed E-state index contributed by atoms with van der Waals surface area (Å²) in [5, 5.41) is 12.1. The molecule has 110 valence electrons. The molecule has 0 bridgehead atoms. The lowest BCUT2D eigenvalue weighted by atomic mass is 10.0. The number of benzene rings is 1. The number of nitrogens with one attached hydrogen (secondary N) is 1. The van der Waals surface area contributed by atoms with Crippen LogP contribution in [0.25, 0.3) is 0 Å². The van der Waals surface area contributed by atoms with E-state index in [1.807, 2.05) is 0 Å². The minimum absolute atomic E-state index is 0.104. The van der Waals surface area contributed by atoms with Crippen LogP contribution in [0.4, 0.5) is 18.9 Å². The second kappa shape index (κ2) is 5.44. The summed E-state index contributed by atoms with van der Waals surface area (Å²) >= 11 is 0. The van der Waals surface area contributed by atoms with Crippen LogP contribution >= 0.6 is 0 Å². The van der Waals surface area contributed by atoms with Crippen molar-refractivity contribution in [1.82, 2.24) is 0 Å². The predicted octanol–water partition coefficient (Wildman–Crippen LogP) is 3.11. The number of halogens is 3. The van der Waals surface area contributed by atoms with E-state index in [2.05, 4.69) is 5.32 Å². The average Bonchev–Trinajstić information content (AvgIpc) is 2.76. The standard InChI is InChI=1S/C14H16F3NO2/c1-8-5-6-9(7-11(8)14(15,16)17)18-13(20)10-3-2-4-12(10)19/h5-7,10,12,19H,2-4H2,1H3,(H,18,20). The van der Waals surface area contributed by atoms with Gasteiger partial charge in [0, 0.05) is 5.69 Å². The summed E-state index contributed by atoms with van der Waals surface area (Å²) in [7, 11) is 0. The van der Waals surface area contributed by atoms with Gasteiger partial charge in [0.1, 0.15) is 0 Å². The summed E-state index contributed by atoms with van der Waals surface area (Å²) in [6.07, 6.45) is -3.29. The van der Waals surface area contributed by atoms with Crippen molar-refractivity contribution in [1.29, 1.82) is 0 Å². The average molecular weight is 287 g/mol. The van der Waals surface area contributed by atoms with Crippen molar-refractivity contribution in [2.75, 3.05) is 5.32 Å². The third-order valence-electron chi connectivity index (χ3n) is 3.63. The van der Waals surface area contributed by atoms with Crippen LogP contribution in [0.15, 0.2) is 18.2 Å². The first-order valence-electron chi connectivity index (χ1n) is 6.46. The van der Waals surface area contributed by atoms with E-state index >= 15 is 0 Å². The van der Waals surface area contributed by atoms with E-state index < -0.39 is 29.7 Å². The molecule has 0 saturated heterocycles. The number of aliphatic hydroxyl groups excluding tert-OH is 1. The summed E-state index contributed by atoms with van der Waals surface area (Å²) in [5.74, 6) is -0.961. The van der Waals surface area contributed by atoms with Gasteiger partial charge >= 0.3 is 6.18 Å². The molecule has 6 heteroatoms. The SMILES string of the molecule is Cc1ccc(NC(=O)C2CCCC2O)cc1C(F)(F)F. The highest BCUT2D eigenvalue weighted by Gasteiger charge is 2.34. The van der Waals surface area contributed by atoms with E-state index in [9.17, 15) is 23.1 Å². The van der Waals surface area contributed by atoms with Gasteiger partial charge in [-0.15, -0.1) is 0 Å².